The summed E-state index contributed by atoms with van der Waals surface area (Å²) in [6.45, 7) is 2.60. The van der Waals surface area contributed by atoms with Gasteiger partial charge in [0, 0.05) is 25.4 Å². The third kappa shape index (κ3) is 2.39. The van der Waals surface area contributed by atoms with Crippen molar-refractivity contribution < 1.29 is 0 Å². The molecule has 4 heteroatoms. The molecule has 1 unspecified atom stereocenters. The van der Waals surface area contributed by atoms with Crippen LogP contribution in [0.1, 0.15) is 35.4 Å². The summed E-state index contributed by atoms with van der Waals surface area (Å²) in [6, 6.07) is 8.70. The van der Waals surface area contributed by atoms with E-state index in [1.54, 1.807) is 0 Å². The molecule has 1 aromatic carbocycles. The number of rotatable bonds is 3. The van der Waals surface area contributed by atoms with E-state index in [9.17, 15) is 0 Å². The summed E-state index contributed by atoms with van der Waals surface area (Å²) in [5.74, 6) is 0. The zero-order valence-corrected chi connectivity index (χ0v) is 13.5. The molecule has 0 spiro atoms. The van der Waals surface area contributed by atoms with Crippen LogP contribution in [0.4, 0.5) is 0 Å². The molecule has 3 nitrogen and oxygen atoms in total. The van der Waals surface area contributed by atoms with Gasteiger partial charge in [0.1, 0.15) is 0 Å². The third-order valence-electron chi connectivity index (χ3n) is 4.85. The van der Waals surface area contributed by atoms with Gasteiger partial charge in [0.25, 0.3) is 0 Å². The van der Waals surface area contributed by atoms with Gasteiger partial charge >= 0.3 is 0 Å². The fourth-order valence-corrected chi connectivity index (χ4v) is 3.89. The van der Waals surface area contributed by atoms with Gasteiger partial charge in [-0.2, -0.15) is 5.10 Å². The predicted octanol–water partition coefficient (Wildman–Crippen LogP) is 3.16. The number of fused-ring (bicyclic) bond motifs is 1. The van der Waals surface area contributed by atoms with Crippen LogP contribution < -0.4 is 5.73 Å². The van der Waals surface area contributed by atoms with Crippen LogP contribution in [0.25, 0.3) is 0 Å². The van der Waals surface area contributed by atoms with Crippen LogP contribution in [0.5, 0.6) is 0 Å². The summed E-state index contributed by atoms with van der Waals surface area (Å²) in [5.41, 5.74) is 11.0. The molecule has 112 valence electrons. The smallest absolute Gasteiger partial charge is 0.0847 e. The number of aryl methyl sites for hydroxylation is 3. The average Bonchev–Trinajstić information content (AvgIpc) is 2.74. The van der Waals surface area contributed by atoms with Gasteiger partial charge in [-0.05, 0) is 37.3 Å². The second kappa shape index (κ2) is 5.47. The topological polar surface area (TPSA) is 43.8 Å². The zero-order valence-electron chi connectivity index (χ0n) is 12.7. The first kappa shape index (κ1) is 14.6. The van der Waals surface area contributed by atoms with E-state index < -0.39 is 0 Å². The number of hydrogen-bond acceptors (Lipinski definition) is 2. The van der Waals surface area contributed by atoms with Crippen molar-refractivity contribution in [1.82, 2.24) is 9.78 Å². The van der Waals surface area contributed by atoms with Gasteiger partial charge < -0.3 is 5.73 Å². The van der Waals surface area contributed by atoms with E-state index >= 15 is 0 Å². The summed E-state index contributed by atoms with van der Waals surface area (Å²) in [5, 5.41) is 5.23. The molecule has 1 aliphatic carbocycles. The van der Waals surface area contributed by atoms with Gasteiger partial charge in [0.15, 0.2) is 0 Å². The Bertz CT molecular complexity index is 662. The van der Waals surface area contributed by atoms with Crippen LogP contribution >= 0.6 is 11.6 Å². The Morgan fingerprint density at radius 2 is 2.14 bits per heavy atom. The zero-order chi connectivity index (χ0) is 15.0. The summed E-state index contributed by atoms with van der Waals surface area (Å²) >= 11 is 6.46. The lowest BCUT2D eigenvalue weighted by molar-refractivity contribution is 0.357. The Morgan fingerprint density at radius 1 is 1.38 bits per heavy atom. The van der Waals surface area contributed by atoms with Crippen molar-refractivity contribution in [3.63, 3.8) is 0 Å². The van der Waals surface area contributed by atoms with E-state index in [1.807, 2.05) is 18.7 Å². The lowest BCUT2D eigenvalue weighted by atomic mass is 9.67. The van der Waals surface area contributed by atoms with Crippen LogP contribution in [-0.4, -0.2) is 16.3 Å². The van der Waals surface area contributed by atoms with E-state index in [-0.39, 0.29) is 5.41 Å². The Morgan fingerprint density at radius 3 is 2.81 bits per heavy atom. The second-order valence-corrected chi connectivity index (χ2v) is 6.52. The molecule has 1 aliphatic rings. The monoisotopic (exact) mass is 303 g/mol. The molecule has 0 amide bonds. The van der Waals surface area contributed by atoms with Crippen molar-refractivity contribution >= 4 is 11.6 Å². The van der Waals surface area contributed by atoms with Crippen LogP contribution in [0.2, 0.25) is 5.02 Å². The number of nitrogens with two attached hydrogens (primary N) is 1. The lowest BCUT2D eigenvalue weighted by Gasteiger charge is -2.38. The molecule has 2 N–H and O–H groups in total. The normalized spacial score (nSPS) is 21.3. The minimum Gasteiger partial charge on any atom is -0.330 e. The van der Waals surface area contributed by atoms with Crippen LogP contribution in [0.3, 0.4) is 0 Å². The fourth-order valence-electron chi connectivity index (χ4n) is 3.67. The molecular weight excluding hydrogens is 282 g/mol. The van der Waals surface area contributed by atoms with Crippen molar-refractivity contribution in [3.8, 4) is 0 Å². The van der Waals surface area contributed by atoms with E-state index in [1.165, 1.54) is 17.5 Å². The largest absolute Gasteiger partial charge is 0.330 e. The Hall–Kier alpha value is -1.32. The van der Waals surface area contributed by atoms with Crippen molar-refractivity contribution in [1.29, 1.82) is 0 Å². The van der Waals surface area contributed by atoms with Crippen molar-refractivity contribution in [3.05, 3.63) is 51.8 Å². The Labute approximate surface area is 131 Å². The minimum atomic E-state index is -0.0152. The van der Waals surface area contributed by atoms with Crippen LogP contribution in [-0.2, 0) is 25.3 Å². The van der Waals surface area contributed by atoms with Crippen LogP contribution in [0, 0.1) is 6.92 Å². The molecule has 21 heavy (non-hydrogen) atoms. The first-order valence-corrected chi connectivity index (χ1v) is 7.91. The Balaban J connectivity index is 2.06. The lowest BCUT2D eigenvalue weighted by Crippen LogP contribution is -2.41. The molecular formula is C17H22ClN3. The van der Waals surface area contributed by atoms with E-state index in [0.29, 0.717) is 6.54 Å². The highest BCUT2D eigenvalue weighted by atomic mass is 35.5. The maximum absolute atomic E-state index is 6.46. The SMILES string of the molecule is Cc1nn(C)c(CC2(CN)CCCc3ccccc32)c1Cl. The standard InChI is InChI=1S/C17H22ClN3/c1-12-16(18)15(21(2)20-12)10-17(11-19)9-5-7-13-6-3-4-8-14(13)17/h3-4,6,8H,5,7,9-11,19H2,1-2H3. The molecule has 0 saturated carbocycles. The molecule has 0 bridgehead atoms. The summed E-state index contributed by atoms with van der Waals surface area (Å²) in [4.78, 5) is 0. The second-order valence-electron chi connectivity index (χ2n) is 6.14. The molecule has 1 atom stereocenters. The van der Waals surface area contributed by atoms with E-state index in [4.69, 9.17) is 17.3 Å². The van der Waals surface area contributed by atoms with E-state index in [2.05, 4.69) is 29.4 Å². The molecule has 3 rings (SSSR count). The minimum absolute atomic E-state index is 0.0152. The van der Waals surface area contributed by atoms with Crippen molar-refractivity contribution in [2.45, 2.75) is 38.0 Å². The van der Waals surface area contributed by atoms with Crippen molar-refractivity contribution in [2.75, 3.05) is 6.54 Å². The molecule has 1 heterocycles. The molecule has 2 aromatic rings. The highest BCUT2D eigenvalue weighted by Gasteiger charge is 2.37. The van der Waals surface area contributed by atoms with Gasteiger partial charge in [-0.3, -0.25) is 4.68 Å². The summed E-state index contributed by atoms with van der Waals surface area (Å²) < 4.78 is 1.91. The number of hydrogen-bond donors (Lipinski definition) is 1. The van der Waals surface area contributed by atoms with Gasteiger partial charge in [0.2, 0.25) is 0 Å². The maximum atomic E-state index is 6.46. The fraction of sp³-hybridized carbons (Fsp3) is 0.471. The summed E-state index contributed by atoms with van der Waals surface area (Å²) in [7, 11) is 1.97. The predicted molar refractivity (Wildman–Crippen MR) is 86.8 cm³/mol. The first-order valence-electron chi connectivity index (χ1n) is 7.54. The Kier molecular flexibility index (Phi) is 3.80. The number of benzene rings is 1. The molecule has 0 aliphatic heterocycles. The highest BCUT2D eigenvalue weighted by molar-refractivity contribution is 6.31. The number of nitrogens with zero attached hydrogens (tertiary/aromatic N) is 2. The molecule has 0 fully saturated rings. The first-order chi connectivity index (χ1) is 10.1. The maximum Gasteiger partial charge on any atom is 0.0847 e. The molecule has 0 radical (unpaired) electrons. The summed E-state index contributed by atoms with van der Waals surface area (Å²) in [6.07, 6.45) is 4.30. The highest BCUT2D eigenvalue weighted by Crippen LogP contribution is 2.40. The average molecular weight is 304 g/mol. The van der Waals surface area contributed by atoms with E-state index in [0.717, 1.165) is 35.7 Å². The van der Waals surface area contributed by atoms with Gasteiger partial charge in [0.05, 0.1) is 16.4 Å². The van der Waals surface area contributed by atoms with Crippen LogP contribution in [0.15, 0.2) is 24.3 Å². The van der Waals surface area contributed by atoms with Gasteiger partial charge in [-0.15, -0.1) is 0 Å². The quantitative estimate of drug-likeness (QED) is 0.946. The van der Waals surface area contributed by atoms with Gasteiger partial charge in [-0.1, -0.05) is 35.9 Å². The number of aromatic nitrogens is 2. The molecule has 1 aromatic heterocycles. The van der Waals surface area contributed by atoms with Crippen molar-refractivity contribution in [2.24, 2.45) is 12.8 Å². The third-order valence-corrected chi connectivity index (χ3v) is 5.34. The molecule has 0 saturated heterocycles. The number of halogens is 1. The van der Waals surface area contributed by atoms with Gasteiger partial charge in [-0.25, -0.2) is 0 Å².